The number of nitrogen functional groups attached to an aromatic ring is 2. The number of nitrogens with two attached hydrogens (primary N) is 2. The molecule has 12 nitrogen and oxygen atoms in total. The number of rotatable bonds is 4. The average molecular weight is 431 g/mol. The van der Waals surface area contributed by atoms with E-state index in [4.69, 9.17) is 21.3 Å². The summed E-state index contributed by atoms with van der Waals surface area (Å²) < 4.78 is 6.85. The smallest absolute Gasteiger partial charge is 0.217 e. The van der Waals surface area contributed by atoms with Gasteiger partial charge in [0.25, 0.3) is 0 Å². The van der Waals surface area contributed by atoms with Crippen molar-refractivity contribution in [3.05, 3.63) is 42.5 Å². The fourth-order valence-corrected chi connectivity index (χ4v) is 3.03. The van der Waals surface area contributed by atoms with E-state index in [0.717, 1.165) is 11.3 Å². The Morgan fingerprint density at radius 1 is 1.16 bits per heavy atom. The second kappa shape index (κ2) is 9.66. The summed E-state index contributed by atoms with van der Waals surface area (Å²) in [6.07, 6.45) is -1.42. The fourth-order valence-electron chi connectivity index (χ4n) is 3.03. The standard InChI is InChI=1S/C10H13N5O4.C9H12N2O/c11-8-5-9(13-2-12-8)15(3-14-5)10-7(18)6(17)4(1-16)19-10;1-7(12)11-6-8-2-4-9(10)5-3-8/h2-4,6-7,10,16-18H,1H2,(H2,11,12,13);2-5H,6,10H2,1H3,(H,11,12)/t4-,6-,7-,10-;/m1./s1. The monoisotopic (exact) mass is 431 g/mol. The molecule has 166 valence electrons. The summed E-state index contributed by atoms with van der Waals surface area (Å²) in [5.41, 5.74) is 13.7. The Hall–Kier alpha value is -3.32. The van der Waals surface area contributed by atoms with Crippen LogP contribution in [0.15, 0.2) is 36.9 Å². The van der Waals surface area contributed by atoms with Crippen molar-refractivity contribution in [2.75, 3.05) is 18.1 Å². The van der Waals surface area contributed by atoms with Gasteiger partial charge in [-0.2, -0.15) is 0 Å². The van der Waals surface area contributed by atoms with Gasteiger partial charge in [0.1, 0.15) is 30.2 Å². The molecule has 1 aromatic carbocycles. The summed E-state index contributed by atoms with van der Waals surface area (Å²) in [4.78, 5) is 22.4. The molecule has 31 heavy (non-hydrogen) atoms. The molecule has 1 aliphatic rings. The Balaban J connectivity index is 0.000000196. The number of benzene rings is 1. The zero-order valence-corrected chi connectivity index (χ0v) is 16.8. The van der Waals surface area contributed by atoms with Crippen molar-refractivity contribution in [2.24, 2.45) is 0 Å². The van der Waals surface area contributed by atoms with Crippen LogP contribution in [0.2, 0.25) is 0 Å². The summed E-state index contributed by atoms with van der Waals surface area (Å²) in [5.74, 6) is 0.197. The zero-order valence-electron chi connectivity index (χ0n) is 16.8. The normalized spacial score (nSPS) is 22.7. The highest BCUT2D eigenvalue weighted by Crippen LogP contribution is 2.31. The first-order valence-electron chi connectivity index (χ1n) is 9.46. The topological polar surface area (TPSA) is 195 Å². The van der Waals surface area contributed by atoms with Crippen LogP contribution in [0.5, 0.6) is 0 Å². The van der Waals surface area contributed by atoms with Crippen molar-refractivity contribution in [3.8, 4) is 0 Å². The van der Waals surface area contributed by atoms with Crippen LogP contribution < -0.4 is 16.8 Å². The van der Waals surface area contributed by atoms with Gasteiger partial charge < -0.3 is 36.8 Å². The van der Waals surface area contributed by atoms with Crippen molar-refractivity contribution in [2.45, 2.75) is 38.0 Å². The maximum absolute atomic E-state index is 10.5. The molecule has 8 N–H and O–H groups in total. The third kappa shape index (κ3) is 5.06. The molecule has 3 aromatic rings. The molecule has 1 saturated heterocycles. The number of fused-ring (bicyclic) bond motifs is 1. The van der Waals surface area contributed by atoms with Crippen LogP contribution in [0.1, 0.15) is 18.7 Å². The molecule has 2 aromatic heterocycles. The lowest BCUT2D eigenvalue weighted by Gasteiger charge is -2.16. The van der Waals surface area contributed by atoms with Crippen LogP contribution >= 0.6 is 0 Å². The first-order chi connectivity index (χ1) is 14.8. The number of carbonyl (C=O) groups excluding carboxylic acids is 1. The number of imidazole rings is 1. The molecule has 1 fully saturated rings. The Bertz CT molecular complexity index is 1030. The van der Waals surface area contributed by atoms with Gasteiger partial charge >= 0.3 is 0 Å². The number of nitrogens with zero attached hydrogens (tertiary/aromatic N) is 4. The van der Waals surface area contributed by atoms with E-state index in [1.807, 2.05) is 24.3 Å². The van der Waals surface area contributed by atoms with Crippen LogP contribution in [0.25, 0.3) is 11.2 Å². The van der Waals surface area contributed by atoms with Gasteiger partial charge in [0.2, 0.25) is 5.91 Å². The number of aromatic nitrogens is 4. The van der Waals surface area contributed by atoms with Crippen molar-refractivity contribution in [1.82, 2.24) is 24.8 Å². The molecule has 12 heteroatoms. The lowest BCUT2D eigenvalue weighted by molar-refractivity contribution is -0.119. The van der Waals surface area contributed by atoms with Gasteiger partial charge in [-0.3, -0.25) is 9.36 Å². The van der Waals surface area contributed by atoms with Crippen molar-refractivity contribution < 1.29 is 24.9 Å². The number of aliphatic hydroxyl groups excluding tert-OH is 3. The highest BCUT2D eigenvalue weighted by atomic mass is 16.6. The molecule has 4 atom stereocenters. The molecule has 1 aliphatic heterocycles. The van der Waals surface area contributed by atoms with E-state index >= 15 is 0 Å². The molecule has 3 heterocycles. The van der Waals surface area contributed by atoms with Crippen molar-refractivity contribution >= 4 is 28.6 Å². The minimum Gasteiger partial charge on any atom is -0.399 e. The first-order valence-corrected chi connectivity index (χ1v) is 9.46. The van der Waals surface area contributed by atoms with Gasteiger partial charge in [-0.1, -0.05) is 12.1 Å². The minimum absolute atomic E-state index is 0.0215. The van der Waals surface area contributed by atoms with Gasteiger partial charge in [0.05, 0.1) is 12.9 Å². The minimum atomic E-state index is -1.19. The summed E-state index contributed by atoms with van der Waals surface area (Å²) in [6, 6.07) is 7.42. The van der Waals surface area contributed by atoms with Gasteiger partial charge in [0, 0.05) is 19.2 Å². The second-order valence-electron chi connectivity index (χ2n) is 6.96. The van der Waals surface area contributed by atoms with E-state index in [1.165, 1.54) is 24.1 Å². The highest BCUT2D eigenvalue weighted by molar-refractivity contribution is 5.81. The predicted molar refractivity (Wildman–Crippen MR) is 111 cm³/mol. The van der Waals surface area contributed by atoms with E-state index in [2.05, 4.69) is 20.3 Å². The third-order valence-corrected chi connectivity index (χ3v) is 4.70. The molecule has 0 aliphatic carbocycles. The number of nitrogens with one attached hydrogen (secondary N) is 1. The summed E-state index contributed by atoms with van der Waals surface area (Å²) in [5, 5.41) is 31.4. The van der Waals surface area contributed by atoms with Crippen molar-refractivity contribution in [3.63, 3.8) is 0 Å². The predicted octanol–water partition coefficient (Wildman–Crippen LogP) is -1.08. The Labute approximate surface area is 177 Å². The molecule has 1 amide bonds. The first kappa shape index (κ1) is 22.4. The second-order valence-corrected chi connectivity index (χ2v) is 6.96. The SMILES string of the molecule is CC(=O)NCc1ccc(N)cc1.Nc1ncnc2c1ncn2[C@@H]1O[C@H](CO)[C@@H](O)[C@H]1O. The number of aliphatic hydroxyl groups is 3. The molecule has 0 bridgehead atoms. The lowest BCUT2D eigenvalue weighted by atomic mass is 10.1. The Morgan fingerprint density at radius 2 is 1.87 bits per heavy atom. The summed E-state index contributed by atoms with van der Waals surface area (Å²) in [7, 11) is 0. The maximum atomic E-state index is 10.5. The fraction of sp³-hybridized carbons (Fsp3) is 0.368. The third-order valence-electron chi connectivity index (χ3n) is 4.70. The number of carbonyl (C=O) groups is 1. The van der Waals surface area contributed by atoms with Gasteiger partial charge in [-0.05, 0) is 17.7 Å². The largest absolute Gasteiger partial charge is 0.399 e. The number of amides is 1. The molecule has 0 saturated carbocycles. The summed E-state index contributed by atoms with van der Waals surface area (Å²) >= 11 is 0. The number of hydrogen-bond acceptors (Lipinski definition) is 10. The zero-order chi connectivity index (χ0) is 22.5. The molecular weight excluding hydrogens is 406 g/mol. The van der Waals surface area contributed by atoms with Crippen LogP contribution in [-0.2, 0) is 16.1 Å². The molecule has 0 unspecified atom stereocenters. The molecular formula is C19H25N7O5. The van der Waals surface area contributed by atoms with E-state index in [0.29, 0.717) is 17.7 Å². The van der Waals surface area contributed by atoms with Crippen LogP contribution in [0, 0.1) is 0 Å². The van der Waals surface area contributed by atoms with Crippen LogP contribution in [0.3, 0.4) is 0 Å². The van der Waals surface area contributed by atoms with E-state index in [-0.39, 0.29) is 11.7 Å². The van der Waals surface area contributed by atoms with E-state index in [1.54, 1.807) is 0 Å². The Kier molecular flexibility index (Phi) is 6.97. The highest BCUT2D eigenvalue weighted by Gasteiger charge is 2.43. The van der Waals surface area contributed by atoms with Crippen LogP contribution in [0.4, 0.5) is 11.5 Å². The van der Waals surface area contributed by atoms with Gasteiger partial charge in [0.15, 0.2) is 17.7 Å². The van der Waals surface area contributed by atoms with E-state index < -0.39 is 31.1 Å². The molecule has 0 spiro atoms. The molecule has 4 rings (SSSR count). The number of hydrogen-bond donors (Lipinski definition) is 6. The average Bonchev–Trinajstić information content (AvgIpc) is 3.30. The lowest BCUT2D eigenvalue weighted by Crippen LogP contribution is -2.33. The molecule has 0 radical (unpaired) electrons. The number of anilines is 2. The quantitative estimate of drug-likeness (QED) is 0.277. The van der Waals surface area contributed by atoms with Crippen LogP contribution in [-0.4, -0.2) is 65.7 Å². The van der Waals surface area contributed by atoms with Gasteiger partial charge in [-0.25, -0.2) is 15.0 Å². The van der Waals surface area contributed by atoms with Crippen molar-refractivity contribution in [1.29, 1.82) is 0 Å². The number of ether oxygens (including phenoxy) is 1. The Morgan fingerprint density at radius 3 is 2.48 bits per heavy atom. The maximum Gasteiger partial charge on any atom is 0.217 e. The summed E-state index contributed by atoms with van der Waals surface area (Å²) in [6.45, 7) is 1.67. The van der Waals surface area contributed by atoms with Gasteiger partial charge in [-0.15, -0.1) is 0 Å². The van der Waals surface area contributed by atoms with E-state index in [9.17, 15) is 15.0 Å².